The van der Waals surface area contributed by atoms with Crippen molar-refractivity contribution < 1.29 is 9.50 Å². The Morgan fingerprint density at radius 2 is 1.91 bits per heavy atom. The van der Waals surface area contributed by atoms with Gasteiger partial charge < -0.3 is 15.3 Å². The SMILES string of the molecule is CN(c1cnc(-c2ccc(-c3nc(=O)n(C)cc3F)cc2O)nn1)[C@H]1C[C@]2(C)CCC[C@](C)(C1)N2. The number of anilines is 1. The van der Waals surface area contributed by atoms with Gasteiger partial charge in [0.15, 0.2) is 17.5 Å². The van der Waals surface area contributed by atoms with Crippen molar-refractivity contribution in [1.82, 2.24) is 30.0 Å². The summed E-state index contributed by atoms with van der Waals surface area (Å²) in [6.45, 7) is 4.61. The molecule has 9 nitrogen and oxygen atoms in total. The van der Waals surface area contributed by atoms with E-state index in [1.807, 2.05) is 7.05 Å². The third-order valence-electron chi connectivity index (χ3n) is 7.45. The molecule has 2 aliphatic heterocycles. The normalized spacial score (nSPS) is 25.9. The van der Waals surface area contributed by atoms with Crippen LogP contribution in [0.5, 0.6) is 5.75 Å². The molecule has 0 radical (unpaired) electrons. The minimum atomic E-state index is -0.658. The quantitative estimate of drug-likeness (QED) is 0.588. The van der Waals surface area contributed by atoms with Crippen molar-refractivity contribution in [1.29, 1.82) is 0 Å². The maximum absolute atomic E-state index is 14.3. The summed E-state index contributed by atoms with van der Waals surface area (Å²) in [5, 5.41) is 23.1. The Hall–Kier alpha value is -3.40. The zero-order valence-corrected chi connectivity index (χ0v) is 20.4. The summed E-state index contributed by atoms with van der Waals surface area (Å²) >= 11 is 0. The molecule has 2 saturated heterocycles. The van der Waals surface area contributed by atoms with Crippen LogP contribution in [0.15, 0.2) is 35.4 Å². The maximum Gasteiger partial charge on any atom is 0.348 e. The summed E-state index contributed by atoms with van der Waals surface area (Å²) in [7, 11) is 3.45. The molecular formula is C25H30FN7O2. The monoisotopic (exact) mass is 479 g/mol. The molecule has 0 saturated carbocycles. The Balaban J connectivity index is 1.37. The third-order valence-corrected chi connectivity index (χ3v) is 7.45. The number of aromatic hydroxyl groups is 1. The molecule has 0 amide bonds. The Kier molecular flexibility index (Phi) is 5.58. The van der Waals surface area contributed by atoms with E-state index in [0.717, 1.165) is 23.6 Å². The molecule has 3 aromatic rings. The molecule has 1 aromatic carbocycles. The second-order valence-corrected chi connectivity index (χ2v) is 10.5. The Labute approximate surface area is 203 Å². The fourth-order valence-electron chi connectivity index (χ4n) is 5.74. The lowest BCUT2D eigenvalue weighted by molar-refractivity contribution is 0.0784. The molecule has 0 aliphatic carbocycles. The van der Waals surface area contributed by atoms with Crippen LogP contribution in [-0.2, 0) is 7.05 Å². The van der Waals surface area contributed by atoms with E-state index in [-0.39, 0.29) is 33.9 Å². The van der Waals surface area contributed by atoms with Gasteiger partial charge in [0.1, 0.15) is 11.4 Å². The number of aromatic nitrogens is 5. The Morgan fingerprint density at radius 1 is 1.20 bits per heavy atom. The number of rotatable bonds is 4. The molecule has 0 spiro atoms. The first-order valence-electron chi connectivity index (χ1n) is 11.8. The predicted molar refractivity (Wildman–Crippen MR) is 131 cm³/mol. The lowest BCUT2D eigenvalue weighted by atomic mass is 9.69. The molecule has 35 heavy (non-hydrogen) atoms. The minimum Gasteiger partial charge on any atom is -0.507 e. The van der Waals surface area contributed by atoms with Gasteiger partial charge in [0.25, 0.3) is 0 Å². The van der Waals surface area contributed by atoms with Crippen LogP contribution in [-0.4, -0.2) is 54.0 Å². The van der Waals surface area contributed by atoms with Crippen LogP contribution in [0.2, 0.25) is 0 Å². The fourth-order valence-corrected chi connectivity index (χ4v) is 5.74. The number of hydrogen-bond donors (Lipinski definition) is 2. The van der Waals surface area contributed by atoms with E-state index in [2.05, 4.69) is 44.2 Å². The number of aryl methyl sites for hydroxylation is 1. The highest BCUT2D eigenvalue weighted by Crippen LogP contribution is 2.41. The summed E-state index contributed by atoms with van der Waals surface area (Å²) in [6.07, 6.45) is 8.37. The van der Waals surface area contributed by atoms with E-state index in [0.29, 0.717) is 17.4 Å². The van der Waals surface area contributed by atoms with Gasteiger partial charge in [0.2, 0.25) is 0 Å². The molecule has 2 bridgehead atoms. The second-order valence-electron chi connectivity index (χ2n) is 10.5. The first kappa shape index (κ1) is 23.3. The van der Waals surface area contributed by atoms with Gasteiger partial charge in [-0.1, -0.05) is 6.07 Å². The van der Waals surface area contributed by atoms with Crippen molar-refractivity contribution in [3.8, 4) is 28.4 Å². The first-order valence-corrected chi connectivity index (χ1v) is 11.8. The number of phenols is 1. The number of nitrogens with zero attached hydrogens (tertiary/aromatic N) is 6. The molecular weight excluding hydrogens is 449 g/mol. The predicted octanol–water partition coefficient (Wildman–Crippen LogP) is 3.03. The lowest BCUT2D eigenvalue weighted by Gasteiger charge is -2.55. The number of hydrogen-bond acceptors (Lipinski definition) is 8. The van der Waals surface area contributed by atoms with Gasteiger partial charge in [-0.3, -0.25) is 4.57 Å². The van der Waals surface area contributed by atoms with Gasteiger partial charge in [-0.2, -0.15) is 4.98 Å². The number of phenolic OH excluding ortho intramolecular Hbond substituents is 1. The molecule has 10 heteroatoms. The average molecular weight is 480 g/mol. The zero-order chi connectivity index (χ0) is 25.0. The van der Waals surface area contributed by atoms with Crippen molar-refractivity contribution in [2.75, 3.05) is 11.9 Å². The van der Waals surface area contributed by atoms with Crippen LogP contribution in [0.25, 0.3) is 22.6 Å². The van der Waals surface area contributed by atoms with Crippen LogP contribution in [0, 0.1) is 5.82 Å². The number of fused-ring (bicyclic) bond motifs is 2. The van der Waals surface area contributed by atoms with Crippen molar-refractivity contribution >= 4 is 5.82 Å². The highest BCUT2D eigenvalue weighted by atomic mass is 19.1. The summed E-state index contributed by atoms with van der Waals surface area (Å²) in [4.78, 5) is 22.2. The summed E-state index contributed by atoms with van der Waals surface area (Å²) in [6, 6.07) is 4.80. The van der Waals surface area contributed by atoms with Crippen LogP contribution in [0.1, 0.15) is 46.0 Å². The van der Waals surface area contributed by atoms with Gasteiger partial charge in [0, 0.05) is 43.0 Å². The van der Waals surface area contributed by atoms with Crippen molar-refractivity contribution in [3.05, 3.63) is 46.9 Å². The van der Waals surface area contributed by atoms with E-state index in [4.69, 9.17) is 0 Å². The average Bonchev–Trinajstić information content (AvgIpc) is 2.80. The first-order chi connectivity index (χ1) is 16.6. The molecule has 184 valence electrons. The van der Waals surface area contributed by atoms with Gasteiger partial charge >= 0.3 is 5.69 Å². The van der Waals surface area contributed by atoms with Gasteiger partial charge in [-0.15, -0.1) is 10.2 Å². The van der Waals surface area contributed by atoms with Gasteiger partial charge in [0.05, 0.1) is 11.8 Å². The van der Waals surface area contributed by atoms with Gasteiger partial charge in [-0.05, 0) is 58.1 Å². The van der Waals surface area contributed by atoms with E-state index >= 15 is 0 Å². The smallest absolute Gasteiger partial charge is 0.348 e. The summed E-state index contributed by atoms with van der Waals surface area (Å²) in [5.74, 6) is 0.117. The van der Waals surface area contributed by atoms with Crippen molar-refractivity contribution in [3.63, 3.8) is 0 Å². The third kappa shape index (κ3) is 4.38. The fraction of sp³-hybridized carbons (Fsp3) is 0.480. The van der Waals surface area contributed by atoms with E-state index < -0.39 is 11.5 Å². The number of benzene rings is 1. The highest BCUT2D eigenvalue weighted by Gasteiger charge is 2.46. The van der Waals surface area contributed by atoms with E-state index in [1.54, 1.807) is 18.3 Å². The molecule has 2 N–H and O–H groups in total. The van der Waals surface area contributed by atoms with Crippen LogP contribution >= 0.6 is 0 Å². The standard InChI is InChI=1S/C25H30FN7O2/c1-24-8-5-9-25(2,31-24)12-16(11-24)33(4)20-13-27-22(30-29-20)17-7-6-15(10-19(17)34)21-18(26)14-32(3)23(35)28-21/h6-7,10,13-14,16,31,34H,5,8-9,11-12H2,1-4H3/t16-,24-,25+. The van der Waals surface area contributed by atoms with E-state index in [9.17, 15) is 14.3 Å². The summed E-state index contributed by atoms with van der Waals surface area (Å²) < 4.78 is 15.4. The summed E-state index contributed by atoms with van der Waals surface area (Å²) in [5.41, 5.74) is 0.170. The Bertz CT molecular complexity index is 1310. The molecule has 2 aliphatic rings. The largest absolute Gasteiger partial charge is 0.507 e. The Morgan fingerprint density at radius 3 is 2.54 bits per heavy atom. The zero-order valence-electron chi connectivity index (χ0n) is 20.4. The molecule has 2 fully saturated rings. The topological polar surface area (TPSA) is 109 Å². The number of nitrogens with one attached hydrogen (secondary N) is 1. The number of piperidine rings is 2. The van der Waals surface area contributed by atoms with Gasteiger partial charge in [-0.25, -0.2) is 14.2 Å². The molecule has 2 aromatic heterocycles. The van der Waals surface area contributed by atoms with E-state index in [1.165, 1.54) is 32.4 Å². The lowest BCUT2D eigenvalue weighted by Crippen LogP contribution is -2.66. The second kappa shape index (κ2) is 8.37. The molecule has 5 rings (SSSR count). The molecule has 3 atom stereocenters. The van der Waals surface area contributed by atoms with Crippen molar-refractivity contribution in [2.24, 2.45) is 7.05 Å². The van der Waals surface area contributed by atoms with Crippen LogP contribution in [0.4, 0.5) is 10.2 Å². The van der Waals surface area contributed by atoms with Crippen LogP contribution < -0.4 is 15.9 Å². The molecule has 0 unspecified atom stereocenters. The minimum absolute atomic E-state index is 0.121. The molecule has 4 heterocycles. The highest BCUT2D eigenvalue weighted by molar-refractivity contribution is 5.71. The van der Waals surface area contributed by atoms with Crippen LogP contribution in [0.3, 0.4) is 0 Å². The van der Waals surface area contributed by atoms with Crippen molar-refractivity contribution in [2.45, 2.75) is 63.1 Å². The maximum atomic E-state index is 14.3. The number of halogens is 1.